The van der Waals surface area contributed by atoms with E-state index in [0.29, 0.717) is 6.61 Å². The summed E-state index contributed by atoms with van der Waals surface area (Å²) in [5.74, 6) is -0.254. The van der Waals surface area contributed by atoms with Crippen molar-refractivity contribution < 1.29 is 9.53 Å². The van der Waals surface area contributed by atoms with E-state index in [0.717, 1.165) is 20.8 Å². The van der Waals surface area contributed by atoms with Crippen molar-refractivity contribution in [1.82, 2.24) is 4.98 Å². The lowest BCUT2D eigenvalue weighted by Crippen LogP contribution is -1.98. The predicted octanol–water partition coefficient (Wildman–Crippen LogP) is 2.67. The summed E-state index contributed by atoms with van der Waals surface area (Å²) in [7, 11) is 0. The van der Waals surface area contributed by atoms with Gasteiger partial charge in [0.15, 0.2) is 0 Å². The molecule has 0 unspecified atom stereocenters. The first kappa shape index (κ1) is 10.1. The van der Waals surface area contributed by atoms with Gasteiger partial charge in [-0.2, -0.15) is 0 Å². The molecular formula is C11H11NO2S. The van der Waals surface area contributed by atoms with Gasteiger partial charge in [-0.25, -0.2) is 4.98 Å². The molecule has 4 heteroatoms. The summed E-state index contributed by atoms with van der Waals surface area (Å²) >= 11 is 1.65. The third-order valence-corrected chi connectivity index (χ3v) is 2.94. The van der Waals surface area contributed by atoms with E-state index < -0.39 is 0 Å². The fourth-order valence-electron chi connectivity index (χ4n) is 1.36. The molecule has 0 fully saturated rings. The van der Waals surface area contributed by atoms with Crippen LogP contribution in [0.25, 0.3) is 10.2 Å². The number of thiazole rings is 1. The fourth-order valence-corrected chi connectivity index (χ4v) is 2.25. The van der Waals surface area contributed by atoms with Gasteiger partial charge in [0.05, 0.1) is 15.2 Å². The molecule has 0 bridgehead atoms. The molecule has 1 aromatic carbocycles. The SMILES string of the molecule is CC(=O)OCc1ccc2nc(C)sc2c1. The Kier molecular flexibility index (Phi) is 2.68. The lowest BCUT2D eigenvalue weighted by Gasteiger charge is -2.01. The van der Waals surface area contributed by atoms with Crippen molar-refractivity contribution in [3.05, 3.63) is 28.8 Å². The molecule has 0 saturated heterocycles. The molecule has 15 heavy (non-hydrogen) atoms. The summed E-state index contributed by atoms with van der Waals surface area (Å²) in [6.45, 7) is 3.73. The minimum Gasteiger partial charge on any atom is -0.461 e. The van der Waals surface area contributed by atoms with Gasteiger partial charge >= 0.3 is 5.97 Å². The van der Waals surface area contributed by atoms with Crippen LogP contribution in [0.2, 0.25) is 0 Å². The number of carbonyl (C=O) groups excluding carboxylic acids is 1. The molecule has 0 aliphatic carbocycles. The zero-order valence-electron chi connectivity index (χ0n) is 8.61. The zero-order valence-corrected chi connectivity index (χ0v) is 9.43. The number of hydrogen-bond acceptors (Lipinski definition) is 4. The predicted molar refractivity (Wildman–Crippen MR) is 59.8 cm³/mol. The van der Waals surface area contributed by atoms with Gasteiger partial charge in [-0.05, 0) is 24.6 Å². The van der Waals surface area contributed by atoms with E-state index in [9.17, 15) is 4.79 Å². The van der Waals surface area contributed by atoms with Crippen LogP contribution < -0.4 is 0 Å². The van der Waals surface area contributed by atoms with Crippen LogP contribution in [0.3, 0.4) is 0 Å². The van der Waals surface area contributed by atoms with E-state index in [4.69, 9.17) is 4.74 Å². The van der Waals surface area contributed by atoms with Crippen LogP contribution in [-0.4, -0.2) is 11.0 Å². The third-order valence-electron chi connectivity index (χ3n) is 2.00. The lowest BCUT2D eigenvalue weighted by molar-refractivity contribution is -0.142. The number of fused-ring (bicyclic) bond motifs is 1. The maximum absolute atomic E-state index is 10.7. The van der Waals surface area contributed by atoms with E-state index in [2.05, 4.69) is 4.98 Å². The Labute approximate surface area is 91.7 Å². The van der Waals surface area contributed by atoms with E-state index in [1.54, 1.807) is 11.3 Å². The number of aromatic nitrogens is 1. The van der Waals surface area contributed by atoms with Gasteiger partial charge in [0.1, 0.15) is 6.61 Å². The summed E-state index contributed by atoms with van der Waals surface area (Å²) in [5.41, 5.74) is 2.01. The second kappa shape index (κ2) is 3.98. The van der Waals surface area contributed by atoms with Gasteiger partial charge in [0.25, 0.3) is 0 Å². The van der Waals surface area contributed by atoms with Crippen molar-refractivity contribution in [3.63, 3.8) is 0 Å². The topological polar surface area (TPSA) is 39.2 Å². The fraction of sp³-hybridized carbons (Fsp3) is 0.273. The van der Waals surface area contributed by atoms with Crippen LogP contribution >= 0.6 is 11.3 Å². The maximum Gasteiger partial charge on any atom is 0.302 e. The minimum atomic E-state index is -0.254. The number of nitrogens with zero attached hydrogens (tertiary/aromatic N) is 1. The van der Waals surface area contributed by atoms with Crippen LogP contribution in [0.5, 0.6) is 0 Å². The summed E-state index contributed by atoms with van der Waals surface area (Å²) in [6, 6.07) is 5.91. The number of esters is 1. The van der Waals surface area contributed by atoms with Gasteiger partial charge in [0, 0.05) is 6.92 Å². The number of carbonyl (C=O) groups is 1. The number of aryl methyl sites for hydroxylation is 1. The molecule has 3 nitrogen and oxygen atoms in total. The summed E-state index contributed by atoms with van der Waals surface area (Å²) in [5, 5.41) is 1.05. The Morgan fingerprint density at radius 3 is 3.07 bits per heavy atom. The standard InChI is InChI=1S/C11H11NO2S/c1-7-12-10-4-3-9(5-11(10)15-7)6-14-8(2)13/h3-5H,6H2,1-2H3. The molecule has 0 aliphatic heterocycles. The molecule has 0 atom stereocenters. The Hall–Kier alpha value is -1.42. The number of benzene rings is 1. The van der Waals surface area contributed by atoms with Crippen LogP contribution in [0.1, 0.15) is 17.5 Å². The highest BCUT2D eigenvalue weighted by Gasteiger charge is 2.02. The highest BCUT2D eigenvalue weighted by atomic mass is 32.1. The van der Waals surface area contributed by atoms with Crippen molar-refractivity contribution in [2.24, 2.45) is 0 Å². The average Bonchev–Trinajstić information content (AvgIpc) is 2.53. The number of hydrogen-bond donors (Lipinski definition) is 0. The normalized spacial score (nSPS) is 10.5. The summed E-state index contributed by atoms with van der Waals surface area (Å²) < 4.78 is 6.07. The van der Waals surface area contributed by atoms with Crippen molar-refractivity contribution in [2.75, 3.05) is 0 Å². The van der Waals surface area contributed by atoms with Crippen molar-refractivity contribution in [2.45, 2.75) is 20.5 Å². The monoisotopic (exact) mass is 221 g/mol. The zero-order chi connectivity index (χ0) is 10.8. The lowest BCUT2D eigenvalue weighted by atomic mass is 10.2. The first-order valence-corrected chi connectivity index (χ1v) is 5.46. The second-order valence-electron chi connectivity index (χ2n) is 3.32. The van der Waals surface area contributed by atoms with E-state index in [-0.39, 0.29) is 5.97 Å². The Balaban J connectivity index is 2.26. The Morgan fingerprint density at radius 1 is 1.53 bits per heavy atom. The van der Waals surface area contributed by atoms with E-state index >= 15 is 0 Å². The molecule has 0 aliphatic rings. The third kappa shape index (κ3) is 2.33. The summed E-state index contributed by atoms with van der Waals surface area (Å²) in [4.78, 5) is 15.0. The molecular weight excluding hydrogens is 210 g/mol. The highest BCUT2D eigenvalue weighted by Crippen LogP contribution is 2.22. The molecule has 0 radical (unpaired) electrons. The van der Waals surface area contributed by atoms with Crippen LogP contribution in [0, 0.1) is 6.92 Å². The first-order valence-electron chi connectivity index (χ1n) is 4.64. The minimum absolute atomic E-state index is 0.254. The second-order valence-corrected chi connectivity index (χ2v) is 4.55. The van der Waals surface area contributed by atoms with Crippen molar-refractivity contribution in [1.29, 1.82) is 0 Å². The first-order chi connectivity index (χ1) is 7.15. The molecule has 0 saturated carbocycles. The Bertz CT molecular complexity index is 504. The number of ether oxygens (including phenoxy) is 1. The highest BCUT2D eigenvalue weighted by molar-refractivity contribution is 7.18. The molecule has 1 aromatic heterocycles. The van der Waals surface area contributed by atoms with Crippen molar-refractivity contribution in [3.8, 4) is 0 Å². The van der Waals surface area contributed by atoms with Crippen molar-refractivity contribution >= 4 is 27.5 Å². The largest absolute Gasteiger partial charge is 0.461 e. The maximum atomic E-state index is 10.7. The van der Waals surface area contributed by atoms with Gasteiger partial charge in [-0.3, -0.25) is 4.79 Å². The molecule has 0 N–H and O–H groups in total. The molecule has 2 rings (SSSR count). The summed E-state index contributed by atoms with van der Waals surface area (Å²) in [6.07, 6.45) is 0. The van der Waals surface area contributed by atoms with Gasteiger partial charge in [-0.1, -0.05) is 6.07 Å². The van der Waals surface area contributed by atoms with E-state index in [1.165, 1.54) is 6.92 Å². The smallest absolute Gasteiger partial charge is 0.302 e. The molecule has 78 valence electrons. The molecule has 1 heterocycles. The van der Waals surface area contributed by atoms with Gasteiger partial charge in [0.2, 0.25) is 0 Å². The van der Waals surface area contributed by atoms with E-state index in [1.807, 2.05) is 25.1 Å². The number of rotatable bonds is 2. The van der Waals surface area contributed by atoms with Gasteiger partial charge in [-0.15, -0.1) is 11.3 Å². The van der Waals surface area contributed by atoms with Crippen LogP contribution in [0.4, 0.5) is 0 Å². The van der Waals surface area contributed by atoms with Crippen LogP contribution in [-0.2, 0) is 16.1 Å². The molecule has 0 amide bonds. The molecule has 0 spiro atoms. The van der Waals surface area contributed by atoms with Crippen LogP contribution in [0.15, 0.2) is 18.2 Å². The Morgan fingerprint density at radius 2 is 2.33 bits per heavy atom. The quantitative estimate of drug-likeness (QED) is 0.732. The molecule has 2 aromatic rings. The van der Waals surface area contributed by atoms with Gasteiger partial charge < -0.3 is 4.74 Å². The average molecular weight is 221 g/mol.